The summed E-state index contributed by atoms with van der Waals surface area (Å²) in [5.41, 5.74) is 0.399. The number of nitrogens with zero attached hydrogens (tertiary/aromatic N) is 3. The SMILES string of the molecule is CCN1C(C(=O)Nc2cccc(F)n2)=CC(C2CCC(C)CC2)=NS1(=O)=O. The monoisotopic (exact) mass is 394 g/mol. The number of nitrogens with one attached hydrogen (secondary N) is 1. The summed E-state index contributed by atoms with van der Waals surface area (Å²) < 4.78 is 43.4. The molecule has 9 heteroatoms. The van der Waals surface area contributed by atoms with Gasteiger partial charge in [-0.1, -0.05) is 25.8 Å². The highest BCUT2D eigenvalue weighted by molar-refractivity contribution is 7.88. The number of carbonyl (C=O) groups excluding carboxylic acids is 1. The average molecular weight is 394 g/mol. The smallest absolute Gasteiger partial charge is 0.305 e. The highest BCUT2D eigenvalue weighted by Crippen LogP contribution is 2.32. The Morgan fingerprint density at radius 3 is 2.63 bits per heavy atom. The minimum absolute atomic E-state index is 0.0184. The number of likely N-dealkylation sites (N-methyl/N-ethyl adjacent to an activating group) is 1. The van der Waals surface area contributed by atoms with Gasteiger partial charge in [0.2, 0.25) is 5.95 Å². The number of halogens is 1. The molecule has 1 fully saturated rings. The molecule has 0 unspecified atom stereocenters. The molecule has 27 heavy (non-hydrogen) atoms. The van der Waals surface area contributed by atoms with Gasteiger partial charge in [0.15, 0.2) is 0 Å². The Morgan fingerprint density at radius 2 is 2.00 bits per heavy atom. The van der Waals surface area contributed by atoms with Crippen LogP contribution in [0.15, 0.2) is 34.4 Å². The van der Waals surface area contributed by atoms with E-state index in [0.29, 0.717) is 11.6 Å². The Labute approximate surface area is 158 Å². The molecule has 0 aromatic carbocycles. The second kappa shape index (κ2) is 7.75. The van der Waals surface area contributed by atoms with Gasteiger partial charge in [0.05, 0.1) is 5.71 Å². The molecular weight excluding hydrogens is 371 g/mol. The van der Waals surface area contributed by atoms with Gasteiger partial charge in [-0.2, -0.15) is 12.8 Å². The van der Waals surface area contributed by atoms with E-state index in [1.165, 1.54) is 12.1 Å². The van der Waals surface area contributed by atoms with E-state index < -0.39 is 22.1 Å². The largest absolute Gasteiger partial charge is 0.345 e. The molecule has 3 rings (SSSR count). The van der Waals surface area contributed by atoms with Gasteiger partial charge < -0.3 is 5.32 Å². The molecule has 2 aliphatic rings. The number of pyridine rings is 1. The van der Waals surface area contributed by atoms with Crippen LogP contribution >= 0.6 is 0 Å². The molecule has 1 saturated carbocycles. The molecule has 2 heterocycles. The van der Waals surface area contributed by atoms with Crippen LogP contribution in [0.4, 0.5) is 10.2 Å². The number of hydrogen-bond acceptors (Lipinski definition) is 4. The van der Waals surface area contributed by atoms with Gasteiger partial charge in [0.25, 0.3) is 5.91 Å². The van der Waals surface area contributed by atoms with Crippen LogP contribution in [0.2, 0.25) is 0 Å². The van der Waals surface area contributed by atoms with Crippen molar-refractivity contribution in [2.45, 2.75) is 39.5 Å². The molecule has 1 amide bonds. The fourth-order valence-electron chi connectivity index (χ4n) is 3.46. The van der Waals surface area contributed by atoms with E-state index in [0.717, 1.165) is 36.1 Å². The zero-order chi connectivity index (χ0) is 19.6. The highest BCUT2D eigenvalue weighted by atomic mass is 32.2. The Morgan fingerprint density at radius 1 is 1.30 bits per heavy atom. The quantitative estimate of drug-likeness (QED) is 0.795. The second-order valence-corrected chi connectivity index (χ2v) is 8.46. The van der Waals surface area contributed by atoms with Crippen LogP contribution in [-0.4, -0.2) is 35.9 Å². The van der Waals surface area contributed by atoms with E-state index in [4.69, 9.17) is 0 Å². The Kier molecular flexibility index (Phi) is 5.59. The summed E-state index contributed by atoms with van der Waals surface area (Å²) in [5.74, 6) is -0.742. The van der Waals surface area contributed by atoms with Crippen molar-refractivity contribution in [2.24, 2.45) is 16.2 Å². The fraction of sp³-hybridized carbons (Fsp3) is 0.500. The number of amides is 1. The van der Waals surface area contributed by atoms with Gasteiger partial charge in [-0.25, -0.2) is 9.29 Å². The third kappa shape index (κ3) is 4.35. The van der Waals surface area contributed by atoms with Crippen molar-refractivity contribution in [3.8, 4) is 0 Å². The molecule has 0 radical (unpaired) electrons. The summed E-state index contributed by atoms with van der Waals surface area (Å²) in [6.07, 6.45) is 5.24. The number of carbonyl (C=O) groups is 1. The van der Waals surface area contributed by atoms with Gasteiger partial charge in [-0.15, -0.1) is 4.40 Å². The van der Waals surface area contributed by atoms with Gasteiger partial charge in [-0.05, 0) is 43.9 Å². The van der Waals surface area contributed by atoms with E-state index in [1.54, 1.807) is 13.0 Å². The first-order chi connectivity index (χ1) is 12.8. The molecule has 0 spiro atoms. The third-order valence-corrected chi connectivity index (χ3v) is 6.42. The maximum atomic E-state index is 13.3. The second-order valence-electron chi connectivity index (χ2n) is 6.94. The molecular formula is C18H23FN4O3S. The molecule has 1 aliphatic carbocycles. The average Bonchev–Trinajstić information content (AvgIpc) is 2.61. The molecule has 0 atom stereocenters. The Hall–Kier alpha value is -2.29. The van der Waals surface area contributed by atoms with Gasteiger partial charge in [-0.3, -0.25) is 4.79 Å². The zero-order valence-electron chi connectivity index (χ0n) is 15.4. The first-order valence-electron chi connectivity index (χ1n) is 9.08. The lowest BCUT2D eigenvalue weighted by Gasteiger charge is -2.31. The number of hydrogen-bond donors (Lipinski definition) is 1. The number of anilines is 1. The van der Waals surface area contributed by atoms with Crippen LogP contribution in [0.3, 0.4) is 0 Å². The van der Waals surface area contributed by atoms with Crippen LogP contribution in [0, 0.1) is 17.8 Å². The molecule has 146 valence electrons. The maximum Gasteiger partial charge on any atom is 0.345 e. The molecule has 0 saturated heterocycles. The molecule has 1 aliphatic heterocycles. The molecule has 1 N–H and O–H groups in total. The van der Waals surface area contributed by atoms with Crippen molar-refractivity contribution in [1.82, 2.24) is 9.29 Å². The summed E-state index contributed by atoms with van der Waals surface area (Å²) in [7, 11) is -3.98. The van der Waals surface area contributed by atoms with Crippen LogP contribution in [0.5, 0.6) is 0 Å². The lowest BCUT2D eigenvalue weighted by atomic mass is 9.80. The van der Waals surface area contributed by atoms with Crippen LogP contribution in [0.1, 0.15) is 39.5 Å². The minimum atomic E-state index is -3.98. The van der Waals surface area contributed by atoms with Crippen LogP contribution < -0.4 is 5.32 Å². The summed E-state index contributed by atoms with van der Waals surface area (Å²) >= 11 is 0. The minimum Gasteiger partial charge on any atom is -0.305 e. The van der Waals surface area contributed by atoms with Crippen molar-refractivity contribution in [3.05, 3.63) is 35.9 Å². The van der Waals surface area contributed by atoms with Crippen molar-refractivity contribution < 1.29 is 17.6 Å². The van der Waals surface area contributed by atoms with Crippen LogP contribution in [-0.2, 0) is 15.0 Å². The topological polar surface area (TPSA) is 91.7 Å². The number of rotatable bonds is 4. The fourth-order valence-corrected chi connectivity index (χ4v) is 4.74. The lowest BCUT2D eigenvalue weighted by Crippen LogP contribution is -2.39. The van der Waals surface area contributed by atoms with Gasteiger partial charge in [0, 0.05) is 12.5 Å². The molecule has 7 nitrogen and oxygen atoms in total. The van der Waals surface area contributed by atoms with Crippen molar-refractivity contribution in [3.63, 3.8) is 0 Å². The van der Waals surface area contributed by atoms with Crippen molar-refractivity contribution in [2.75, 3.05) is 11.9 Å². The summed E-state index contributed by atoms with van der Waals surface area (Å²) in [5, 5.41) is 2.47. The van der Waals surface area contributed by atoms with E-state index in [2.05, 4.69) is 21.6 Å². The summed E-state index contributed by atoms with van der Waals surface area (Å²) in [6, 6.07) is 4.01. The first kappa shape index (κ1) is 19.5. The maximum absolute atomic E-state index is 13.3. The van der Waals surface area contributed by atoms with Crippen molar-refractivity contribution >= 4 is 27.6 Å². The molecule has 1 aromatic rings. The van der Waals surface area contributed by atoms with E-state index in [1.807, 2.05) is 0 Å². The van der Waals surface area contributed by atoms with E-state index in [9.17, 15) is 17.6 Å². The van der Waals surface area contributed by atoms with Crippen molar-refractivity contribution in [1.29, 1.82) is 0 Å². The molecule has 1 aromatic heterocycles. The van der Waals surface area contributed by atoms with E-state index >= 15 is 0 Å². The number of allylic oxidation sites excluding steroid dienone is 1. The normalized spacial score (nSPS) is 24.8. The summed E-state index contributed by atoms with van der Waals surface area (Å²) in [4.78, 5) is 16.3. The predicted octanol–water partition coefficient (Wildman–Crippen LogP) is 2.89. The van der Waals surface area contributed by atoms with Crippen LogP contribution in [0.25, 0.3) is 0 Å². The summed E-state index contributed by atoms with van der Waals surface area (Å²) in [6.45, 7) is 3.87. The lowest BCUT2D eigenvalue weighted by molar-refractivity contribution is -0.113. The highest BCUT2D eigenvalue weighted by Gasteiger charge is 2.34. The number of aromatic nitrogens is 1. The third-order valence-electron chi connectivity index (χ3n) is 4.96. The van der Waals surface area contributed by atoms with Gasteiger partial charge in [0.1, 0.15) is 11.5 Å². The Bertz CT molecular complexity index is 890. The predicted molar refractivity (Wildman–Crippen MR) is 101 cm³/mol. The van der Waals surface area contributed by atoms with E-state index in [-0.39, 0.29) is 24.0 Å². The molecule has 0 bridgehead atoms. The standard InChI is InChI=1S/C18H23FN4O3S/c1-3-23-15(18(24)21-17-6-4-5-16(19)20-17)11-14(22-27(23,25)26)13-9-7-12(2)8-10-13/h4-6,11-13H,3,7-10H2,1-2H3,(H,20,21,24). The Balaban J connectivity index is 1.90. The zero-order valence-corrected chi connectivity index (χ0v) is 16.2. The van der Waals surface area contributed by atoms with Gasteiger partial charge >= 0.3 is 10.2 Å². The first-order valence-corrected chi connectivity index (χ1v) is 10.5.